The minimum Gasteiger partial charge on any atom is -0.481 e. The molecule has 3 saturated carbocycles. The summed E-state index contributed by atoms with van der Waals surface area (Å²) in [6.45, 7) is 3.86. The van der Waals surface area contributed by atoms with Gasteiger partial charge in [0, 0.05) is 18.3 Å². The Bertz CT molecular complexity index is 930. The van der Waals surface area contributed by atoms with Crippen LogP contribution in [0.1, 0.15) is 78.1 Å². The fourth-order valence-electron chi connectivity index (χ4n) is 8.15. The average molecular weight is 509 g/mol. The van der Waals surface area contributed by atoms with Crippen LogP contribution in [-0.2, 0) is 19.1 Å². The molecule has 0 bridgehead atoms. The van der Waals surface area contributed by atoms with Crippen LogP contribution >= 0.6 is 0 Å². The van der Waals surface area contributed by atoms with Crippen molar-refractivity contribution in [3.05, 3.63) is 11.6 Å². The molecule has 4 rings (SSSR count). The lowest BCUT2D eigenvalue weighted by atomic mass is 9.45. The van der Waals surface area contributed by atoms with Gasteiger partial charge in [-0.25, -0.2) is 4.79 Å². The summed E-state index contributed by atoms with van der Waals surface area (Å²) in [5.41, 5.74) is -1.73. The number of aliphatic hydroxyl groups is 4. The standard InChI is InChI=1S/C27H40O9/c1-25-8-5-16(28)11-15(25)3-4-19-20-6-9-27(35,26(20,2)14-21(31)23(19)25)24(34)36-10-7-17(29)12-18(30)13-22(32)33/h11,17-21,23,29-31,35H,3-10,12-14H2,1-2H3,(H,32,33)/t17-,18-,19?,20?,21?,23?,25-,26-,27-/m0/s1. The number of hydrogen-bond acceptors (Lipinski definition) is 8. The molecule has 0 aromatic heterocycles. The first-order chi connectivity index (χ1) is 16.8. The van der Waals surface area contributed by atoms with E-state index in [2.05, 4.69) is 6.92 Å². The van der Waals surface area contributed by atoms with E-state index in [4.69, 9.17) is 9.84 Å². The lowest BCUT2D eigenvalue weighted by molar-refractivity contribution is -0.199. The van der Waals surface area contributed by atoms with Crippen molar-refractivity contribution in [2.75, 3.05) is 6.61 Å². The van der Waals surface area contributed by atoms with Gasteiger partial charge in [-0.3, -0.25) is 9.59 Å². The van der Waals surface area contributed by atoms with E-state index in [-0.39, 0.29) is 61.2 Å². The van der Waals surface area contributed by atoms with Gasteiger partial charge in [-0.05, 0) is 74.2 Å². The minimum atomic E-state index is -1.75. The monoisotopic (exact) mass is 508 g/mol. The molecule has 4 aliphatic carbocycles. The Morgan fingerprint density at radius 3 is 2.56 bits per heavy atom. The molecule has 0 radical (unpaired) electrons. The van der Waals surface area contributed by atoms with Crippen LogP contribution in [0.4, 0.5) is 0 Å². The fraction of sp³-hybridized carbons (Fsp3) is 0.815. The van der Waals surface area contributed by atoms with Crippen molar-refractivity contribution in [1.82, 2.24) is 0 Å². The van der Waals surface area contributed by atoms with Gasteiger partial charge >= 0.3 is 11.9 Å². The first-order valence-corrected chi connectivity index (χ1v) is 13.2. The Morgan fingerprint density at radius 2 is 1.86 bits per heavy atom. The number of esters is 1. The highest BCUT2D eigenvalue weighted by molar-refractivity contribution is 5.91. The van der Waals surface area contributed by atoms with Gasteiger partial charge in [0.15, 0.2) is 11.4 Å². The fourth-order valence-corrected chi connectivity index (χ4v) is 8.15. The summed E-state index contributed by atoms with van der Waals surface area (Å²) >= 11 is 0. The summed E-state index contributed by atoms with van der Waals surface area (Å²) in [4.78, 5) is 35.9. The van der Waals surface area contributed by atoms with E-state index in [0.29, 0.717) is 12.8 Å². The average Bonchev–Trinajstić information content (AvgIpc) is 3.04. The van der Waals surface area contributed by atoms with Gasteiger partial charge in [0.1, 0.15) is 0 Å². The van der Waals surface area contributed by atoms with Crippen molar-refractivity contribution >= 4 is 17.7 Å². The Kier molecular flexibility index (Phi) is 7.43. The molecule has 0 aromatic carbocycles. The molecule has 0 saturated heterocycles. The highest BCUT2D eigenvalue weighted by Crippen LogP contribution is 2.67. The van der Waals surface area contributed by atoms with Gasteiger partial charge < -0.3 is 30.3 Å². The zero-order chi connectivity index (χ0) is 26.5. The molecule has 0 aliphatic heterocycles. The lowest BCUT2D eigenvalue weighted by Gasteiger charge is -2.60. The van der Waals surface area contributed by atoms with E-state index in [1.165, 1.54) is 0 Å². The molecule has 0 aromatic rings. The summed E-state index contributed by atoms with van der Waals surface area (Å²) in [6.07, 6.45) is 2.16. The number of carboxylic acids is 1. The predicted octanol–water partition coefficient (Wildman–Crippen LogP) is 1.74. The van der Waals surface area contributed by atoms with Crippen molar-refractivity contribution in [2.24, 2.45) is 28.6 Å². The summed E-state index contributed by atoms with van der Waals surface area (Å²) in [7, 11) is 0. The number of carbonyl (C=O) groups is 3. The number of ketones is 1. The second-order valence-corrected chi connectivity index (χ2v) is 12.0. The van der Waals surface area contributed by atoms with E-state index < -0.39 is 47.7 Å². The molecule has 9 atom stereocenters. The van der Waals surface area contributed by atoms with Crippen LogP contribution in [-0.4, -0.2) is 73.8 Å². The topological polar surface area (TPSA) is 162 Å². The molecule has 4 aliphatic rings. The van der Waals surface area contributed by atoms with Gasteiger partial charge in [0.05, 0.1) is 31.3 Å². The van der Waals surface area contributed by atoms with E-state index in [9.17, 15) is 34.8 Å². The van der Waals surface area contributed by atoms with Crippen LogP contribution in [0.15, 0.2) is 11.6 Å². The van der Waals surface area contributed by atoms with Crippen molar-refractivity contribution in [3.8, 4) is 0 Å². The SMILES string of the molecule is C[C@]12CCC(=O)C=C1CCC1C2C(O)C[C@@]2(C)C1CC[C@]2(O)C(=O)OCC[C@H](O)C[C@H](O)CC(=O)O. The van der Waals surface area contributed by atoms with Crippen LogP contribution in [0, 0.1) is 28.6 Å². The normalized spacial score (nSPS) is 41.4. The summed E-state index contributed by atoms with van der Waals surface area (Å²) < 4.78 is 5.39. The minimum absolute atomic E-state index is 0.0121. The lowest BCUT2D eigenvalue weighted by Crippen LogP contribution is -2.62. The molecule has 4 unspecified atom stereocenters. The number of rotatable bonds is 8. The molecule has 0 amide bonds. The van der Waals surface area contributed by atoms with E-state index in [1.807, 2.05) is 6.92 Å². The van der Waals surface area contributed by atoms with Gasteiger partial charge in [-0.2, -0.15) is 0 Å². The molecule has 0 spiro atoms. The Balaban J connectivity index is 1.43. The number of carbonyl (C=O) groups excluding carboxylic acids is 2. The zero-order valence-electron chi connectivity index (χ0n) is 21.2. The predicted molar refractivity (Wildman–Crippen MR) is 128 cm³/mol. The van der Waals surface area contributed by atoms with Crippen LogP contribution < -0.4 is 0 Å². The number of hydrogen-bond donors (Lipinski definition) is 5. The molecular formula is C27H40O9. The van der Waals surface area contributed by atoms with Gasteiger partial charge in [0.2, 0.25) is 0 Å². The van der Waals surface area contributed by atoms with Crippen LogP contribution in [0.3, 0.4) is 0 Å². The van der Waals surface area contributed by atoms with Crippen molar-refractivity contribution in [2.45, 2.75) is 102 Å². The molecule has 36 heavy (non-hydrogen) atoms. The summed E-state index contributed by atoms with van der Waals surface area (Å²) in [5.74, 6) is -1.63. The van der Waals surface area contributed by atoms with Crippen molar-refractivity contribution in [1.29, 1.82) is 0 Å². The van der Waals surface area contributed by atoms with E-state index >= 15 is 0 Å². The molecular weight excluding hydrogens is 468 g/mol. The number of aliphatic carboxylic acids is 1. The number of allylic oxidation sites excluding steroid dienone is 1. The number of carboxylic acid groups (broad SMARTS) is 1. The van der Waals surface area contributed by atoms with Crippen LogP contribution in [0.2, 0.25) is 0 Å². The van der Waals surface area contributed by atoms with Crippen molar-refractivity contribution in [3.63, 3.8) is 0 Å². The second-order valence-electron chi connectivity index (χ2n) is 12.0. The zero-order valence-corrected chi connectivity index (χ0v) is 21.2. The molecule has 9 nitrogen and oxygen atoms in total. The summed E-state index contributed by atoms with van der Waals surface area (Å²) in [6, 6.07) is 0. The number of ether oxygens (including phenoxy) is 1. The maximum Gasteiger partial charge on any atom is 0.338 e. The quantitative estimate of drug-likeness (QED) is 0.307. The highest BCUT2D eigenvalue weighted by atomic mass is 16.6. The number of aliphatic hydroxyl groups excluding tert-OH is 3. The maximum atomic E-state index is 13.2. The molecule has 3 fully saturated rings. The highest BCUT2D eigenvalue weighted by Gasteiger charge is 2.69. The van der Waals surface area contributed by atoms with Gasteiger partial charge in [0.25, 0.3) is 0 Å². The van der Waals surface area contributed by atoms with E-state index in [1.54, 1.807) is 6.08 Å². The smallest absolute Gasteiger partial charge is 0.338 e. The third-order valence-corrected chi connectivity index (χ3v) is 10.0. The third kappa shape index (κ3) is 4.52. The van der Waals surface area contributed by atoms with Crippen molar-refractivity contribution < 1.29 is 44.7 Å². The van der Waals surface area contributed by atoms with Crippen LogP contribution in [0.5, 0.6) is 0 Å². The Morgan fingerprint density at radius 1 is 1.14 bits per heavy atom. The maximum absolute atomic E-state index is 13.2. The second kappa shape index (κ2) is 9.82. The third-order valence-electron chi connectivity index (χ3n) is 10.0. The first-order valence-electron chi connectivity index (χ1n) is 13.2. The van der Waals surface area contributed by atoms with Crippen LogP contribution in [0.25, 0.3) is 0 Å². The molecule has 9 heteroatoms. The van der Waals surface area contributed by atoms with E-state index in [0.717, 1.165) is 24.8 Å². The Hall–Kier alpha value is -1.81. The molecule has 5 N–H and O–H groups in total. The number of fused-ring (bicyclic) bond motifs is 5. The molecule has 202 valence electrons. The largest absolute Gasteiger partial charge is 0.481 e. The van der Waals surface area contributed by atoms with Gasteiger partial charge in [-0.1, -0.05) is 19.4 Å². The van der Waals surface area contributed by atoms with Gasteiger partial charge in [-0.15, -0.1) is 0 Å². The Labute approximate surface area is 211 Å². The first kappa shape index (κ1) is 27.2. The molecule has 0 heterocycles. The summed E-state index contributed by atoms with van der Waals surface area (Å²) in [5, 5.41) is 51.5.